The van der Waals surface area contributed by atoms with Crippen LogP contribution in [0.2, 0.25) is 0 Å². The number of carbonyl (C=O) groups is 2. The summed E-state index contributed by atoms with van der Waals surface area (Å²) in [6, 6.07) is 5.65. The molecule has 7 nitrogen and oxygen atoms in total. The van der Waals surface area contributed by atoms with Crippen molar-refractivity contribution in [2.45, 2.75) is 71.4 Å². The van der Waals surface area contributed by atoms with Crippen molar-refractivity contribution in [1.82, 2.24) is 19.8 Å². The first-order valence-corrected chi connectivity index (χ1v) is 11.8. The molecule has 0 radical (unpaired) electrons. The van der Waals surface area contributed by atoms with Gasteiger partial charge < -0.3 is 14.8 Å². The van der Waals surface area contributed by atoms with Crippen LogP contribution < -0.4 is 10.7 Å². The maximum atomic E-state index is 13.2. The zero-order valence-electron chi connectivity index (χ0n) is 19.2. The minimum Gasteiger partial charge on any atom is -0.349 e. The van der Waals surface area contributed by atoms with Crippen LogP contribution in [0.15, 0.2) is 41.6 Å². The van der Waals surface area contributed by atoms with E-state index in [9.17, 15) is 14.4 Å². The molecule has 2 heterocycles. The minimum absolute atomic E-state index is 0.0148. The molecule has 172 valence electrons. The Labute approximate surface area is 189 Å². The first-order valence-electron chi connectivity index (χ1n) is 11.8. The highest BCUT2D eigenvalue weighted by molar-refractivity contribution is 5.99. The van der Waals surface area contributed by atoms with Crippen LogP contribution in [0.4, 0.5) is 0 Å². The molecule has 1 fully saturated rings. The summed E-state index contributed by atoms with van der Waals surface area (Å²) in [7, 11) is 0. The Morgan fingerprint density at radius 1 is 1.03 bits per heavy atom. The number of hydrogen-bond donors (Lipinski definition) is 1. The number of carbonyl (C=O) groups excluding carboxylic acids is 2. The van der Waals surface area contributed by atoms with Crippen molar-refractivity contribution in [2.75, 3.05) is 13.1 Å². The first-order chi connectivity index (χ1) is 15.5. The molecule has 1 N–H and O–H groups in total. The van der Waals surface area contributed by atoms with Crippen molar-refractivity contribution in [2.24, 2.45) is 0 Å². The minimum atomic E-state index is -0.512. The van der Waals surface area contributed by atoms with E-state index in [0.29, 0.717) is 19.6 Å². The Balaban J connectivity index is 1.94. The normalized spacial score (nSPS) is 14.9. The standard InChI is InChI=1S/C25H34N4O3/c1-3-29(4-2)25(32)22-18-28(16-20-14-10-11-15-26-20)17-21(23(22)30)24(31)27-19-12-8-6-5-7-9-13-19/h10-11,14-15,17-19H,3-9,12-13,16H2,1-2H3,(H,27,31). The number of nitrogens with zero attached hydrogens (tertiary/aromatic N) is 3. The molecule has 7 heteroatoms. The quantitative estimate of drug-likeness (QED) is 0.716. The molecule has 2 aromatic rings. The van der Waals surface area contributed by atoms with Crippen LogP contribution in [0, 0.1) is 0 Å². The van der Waals surface area contributed by atoms with Crippen molar-refractivity contribution in [3.8, 4) is 0 Å². The zero-order valence-corrected chi connectivity index (χ0v) is 19.2. The van der Waals surface area contributed by atoms with Crippen molar-refractivity contribution in [3.63, 3.8) is 0 Å². The average Bonchev–Trinajstić information content (AvgIpc) is 2.78. The Bertz CT molecular complexity index is 959. The maximum Gasteiger partial charge on any atom is 0.259 e. The Kier molecular flexibility index (Phi) is 8.59. The van der Waals surface area contributed by atoms with Gasteiger partial charge >= 0.3 is 0 Å². The van der Waals surface area contributed by atoms with Gasteiger partial charge in [-0.15, -0.1) is 0 Å². The molecule has 2 aromatic heterocycles. The van der Waals surface area contributed by atoms with Gasteiger partial charge in [0.1, 0.15) is 11.1 Å². The van der Waals surface area contributed by atoms with Gasteiger partial charge in [0.2, 0.25) is 5.43 Å². The molecule has 3 rings (SSSR count). The molecule has 1 saturated carbocycles. The van der Waals surface area contributed by atoms with Crippen molar-refractivity contribution >= 4 is 11.8 Å². The van der Waals surface area contributed by atoms with Crippen LogP contribution in [0.25, 0.3) is 0 Å². The summed E-state index contributed by atoms with van der Waals surface area (Å²) < 4.78 is 1.72. The van der Waals surface area contributed by atoms with Gasteiger partial charge in [-0.05, 0) is 38.8 Å². The molecule has 0 unspecified atom stereocenters. The summed E-state index contributed by atoms with van der Waals surface area (Å²) in [4.78, 5) is 45.3. The van der Waals surface area contributed by atoms with Gasteiger partial charge in [0.25, 0.3) is 11.8 Å². The lowest BCUT2D eigenvalue weighted by Crippen LogP contribution is -2.40. The van der Waals surface area contributed by atoms with Gasteiger partial charge in [-0.1, -0.05) is 38.2 Å². The fourth-order valence-corrected chi connectivity index (χ4v) is 4.26. The number of nitrogens with one attached hydrogen (secondary N) is 1. The van der Waals surface area contributed by atoms with Crippen molar-refractivity contribution in [3.05, 3.63) is 63.8 Å². The number of aromatic nitrogens is 2. The third-order valence-electron chi connectivity index (χ3n) is 6.12. The average molecular weight is 439 g/mol. The number of amides is 2. The number of hydrogen-bond acceptors (Lipinski definition) is 4. The molecule has 0 aromatic carbocycles. The molecule has 0 aliphatic heterocycles. The molecule has 0 spiro atoms. The SMILES string of the molecule is CCN(CC)C(=O)c1cn(Cc2ccccn2)cc(C(=O)NC2CCCCCCC2)c1=O. The molecule has 1 aliphatic rings. The smallest absolute Gasteiger partial charge is 0.259 e. The monoisotopic (exact) mass is 438 g/mol. The maximum absolute atomic E-state index is 13.2. The van der Waals surface area contributed by atoms with Gasteiger partial charge in [0.05, 0.1) is 12.2 Å². The Morgan fingerprint density at radius 2 is 1.69 bits per heavy atom. The van der Waals surface area contributed by atoms with E-state index in [1.165, 1.54) is 19.3 Å². The zero-order chi connectivity index (χ0) is 22.9. The van der Waals surface area contributed by atoms with E-state index in [0.717, 1.165) is 31.4 Å². The number of pyridine rings is 2. The highest BCUT2D eigenvalue weighted by atomic mass is 16.2. The summed E-state index contributed by atoms with van der Waals surface area (Å²) in [5, 5.41) is 3.07. The third kappa shape index (κ3) is 6.05. The first kappa shape index (κ1) is 23.7. The summed E-state index contributed by atoms with van der Waals surface area (Å²) in [6.07, 6.45) is 12.4. The molecule has 2 amide bonds. The fraction of sp³-hybridized carbons (Fsp3) is 0.520. The topological polar surface area (TPSA) is 84.3 Å². The Hall–Kier alpha value is -2.96. The summed E-state index contributed by atoms with van der Waals surface area (Å²) >= 11 is 0. The molecular formula is C25H34N4O3. The molecule has 1 aliphatic carbocycles. The van der Waals surface area contributed by atoms with E-state index in [2.05, 4.69) is 10.3 Å². The van der Waals surface area contributed by atoms with E-state index < -0.39 is 11.3 Å². The van der Waals surface area contributed by atoms with Gasteiger partial charge in [-0.3, -0.25) is 19.4 Å². The van der Waals surface area contributed by atoms with E-state index in [1.54, 1.807) is 28.1 Å². The van der Waals surface area contributed by atoms with Gasteiger partial charge in [0, 0.05) is 37.7 Å². The van der Waals surface area contributed by atoms with Crippen LogP contribution in [0.1, 0.15) is 85.2 Å². The second-order valence-corrected chi connectivity index (χ2v) is 8.40. The van der Waals surface area contributed by atoms with Crippen LogP contribution >= 0.6 is 0 Å². The second-order valence-electron chi connectivity index (χ2n) is 8.40. The van der Waals surface area contributed by atoms with Crippen LogP contribution in [0.5, 0.6) is 0 Å². The van der Waals surface area contributed by atoms with E-state index >= 15 is 0 Å². The summed E-state index contributed by atoms with van der Waals surface area (Å²) in [5.41, 5.74) is 0.308. The lowest BCUT2D eigenvalue weighted by Gasteiger charge is -2.22. The lowest BCUT2D eigenvalue weighted by molar-refractivity contribution is 0.0770. The lowest BCUT2D eigenvalue weighted by atomic mass is 9.96. The van der Waals surface area contributed by atoms with Crippen molar-refractivity contribution < 1.29 is 9.59 Å². The van der Waals surface area contributed by atoms with Crippen LogP contribution in [-0.2, 0) is 6.54 Å². The number of rotatable bonds is 7. The predicted octanol–water partition coefficient (Wildman–Crippen LogP) is 3.62. The predicted molar refractivity (Wildman–Crippen MR) is 125 cm³/mol. The largest absolute Gasteiger partial charge is 0.349 e. The summed E-state index contributed by atoms with van der Waals surface area (Å²) in [5.74, 6) is -0.750. The van der Waals surface area contributed by atoms with Crippen LogP contribution in [0.3, 0.4) is 0 Å². The van der Waals surface area contributed by atoms with E-state index in [-0.39, 0.29) is 23.1 Å². The van der Waals surface area contributed by atoms with Crippen molar-refractivity contribution in [1.29, 1.82) is 0 Å². The second kappa shape index (κ2) is 11.6. The fourth-order valence-electron chi connectivity index (χ4n) is 4.26. The summed E-state index contributed by atoms with van der Waals surface area (Å²) in [6.45, 7) is 5.10. The van der Waals surface area contributed by atoms with Gasteiger partial charge in [-0.2, -0.15) is 0 Å². The van der Waals surface area contributed by atoms with E-state index in [1.807, 2.05) is 32.0 Å². The molecule has 0 atom stereocenters. The highest BCUT2D eigenvalue weighted by Gasteiger charge is 2.24. The highest BCUT2D eigenvalue weighted by Crippen LogP contribution is 2.17. The van der Waals surface area contributed by atoms with Crippen LogP contribution in [-0.4, -0.2) is 45.4 Å². The molecular weight excluding hydrogens is 404 g/mol. The molecule has 32 heavy (non-hydrogen) atoms. The molecule has 0 bridgehead atoms. The van der Waals surface area contributed by atoms with Gasteiger partial charge in [0.15, 0.2) is 0 Å². The molecule has 0 saturated heterocycles. The Morgan fingerprint density at radius 3 is 2.31 bits per heavy atom. The van der Waals surface area contributed by atoms with E-state index in [4.69, 9.17) is 0 Å². The van der Waals surface area contributed by atoms with Gasteiger partial charge in [-0.25, -0.2) is 0 Å². The third-order valence-corrected chi connectivity index (χ3v) is 6.12.